The minimum atomic E-state index is -0.446. The summed E-state index contributed by atoms with van der Waals surface area (Å²) in [6, 6.07) is 7.74. The molecular formula is C19H23N3O2S2. The van der Waals surface area contributed by atoms with Crippen LogP contribution in [0.5, 0.6) is 0 Å². The van der Waals surface area contributed by atoms with Gasteiger partial charge in [0.05, 0.1) is 5.69 Å². The van der Waals surface area contributed by atoms with Crippen molar-refractivity contribution in [3.8, 4) is 11.3 Å². The van der Waals surface area contributed by atoms with E-state index < -0.39 is 6.04 Å². The van der Waals surface area contributed by atoms with Crippen LogP contribution in [0.3, 0.4) is 0 Å². The van der Waals surface area contributed by atoms with Gasteiger partial charge in [0.2, 0.25) is 11.8 Å². The lowest BCUT2D eigenvalue weighted by Crippen LogP contribution is -2.47. The van der Waals surface area contributed by atoms with Crippen molar-refractivity contribution in [1.29, 1.82) is 0 Å². The van der Waals surface area contributed by atoms with Gasteiger partial charge in [-0.1, -0.05) is 26.0 Å². The number of benzene rings is 1. The lowest BCUT2D eigenvalue weighted by atomic mass is 10.0. The van der Waals surface area contributed by atoms with Gasteiger partial charge in [0.1, 0.15) is 6.04 Å². The van der Waals surface area contributed by atoms with E-state index in [1.165, 1.54) is 16.2 Å². The number of hydrogen-bond acceptors (Lipinski definition) is 5. The third-order valence-electron chi connectivity index (χ3n) is 4.47. The van der Waals surface area contributed by atoms with Crippen molar-refractivity contribution in [1.82, 2.24) is 9.88 Å². The van der Waals surface area contributed by atoms with E-state index >= 15 is 0 Å². The molecule has 1 unspecified atom stereocenters. The van der Waals surface area contributed by atoms with Crippen LogP contribution in [0, 0.1) is 5.92 Å². The highest BCUT2D eigenvalue weighted by Gasteiger charge is 2.35. The van der Waals surface area contributed by atoms with Crippen LogP contribution < -0.4 is 5.32 Å². The molecule has 1 saturated heterocycles. The summed E-state index contributed by atoms with van der Waals surface area (Å²) in [5.41, 5.74) is 1.87. The van der Waals surface area contributed by atoms with Gasteiger partial charge in [-0.25, -0.2) is 4.98 Å². The summed E-state index contributed by atoms with van der Waals surface area (Å²) in [6.45, 7) is 4.59. The molecule has 2 aromatic rings. The first kappa shape index (κ1) is 18.9. The van der Waals surface area contributed by atoms with Gasteiger partial charge in [0.15, 0.2) is 5.13 Å². The Morgan fingerprint density at radius 3 is 2.62 bits per heavy atom. The molecule has 5 nitrogen and oxygen atoms in total. The molecule has 1 N–H and O–H groups in total. The van der Waals surface area contributed by atoms with E-state index in [4.69, 9.17) is 0 Å². The molecule has 2 heterocycles. The number of carbonyl (C=O) groups excluding carboxylic acids is 2. The maximum atomic E-state index is 12.8. The maximum Gasteiger partial charge on any atom is 0.249 e. The Bertz CT molecular complexity index is 786. The molecule has 1 fully saturated rings. The predicted molar refractivity (Wildman–Crippen MR) is 108 cm³/mol. The Labute approximate surface area is 162 Å². The number of rotatable bonds is 6. The van der Waals surface area contributed by atoms with E-state index in [0.29, 0.717) is 18.1 Å². The summed E-state index contributed by atoms with van der Waals surface area (Å²) in [7, 11) is 0. The van der Waals surface area contributed by atoms with Gasteiger partial charge in [0.25, 0.3) is 0 Å². The maximum absolute atomic E-state index is 12.8. The Balaban J connectivity index is 1.72. The van der Waals surface area contributed by atoms with Gasteiger partial charge >= 0.3 is 0 Å². The fraction of sp³-hybridized carbons (Fsp3) is 0.421. The number of nitrogens with zero attached hydrogens (tertiary/aromatic N) is 2. The van der Waals surface area contributed by atoms with Gasteiger partial charge in [-0.3, -0.25) is 9.59 Å². The molecule has 1 aliphatic heterocycles. The summed E-state index contributed by atoms with van der Waals surface area (Å²) < 4.78 is 0. The first-order valence-electron chi connectivity index (χ1n) is 8.70. The number of amides is 2. The molecule has 1 atom stereocenters. The van der Waals surface area contributed by atoms with Crippen LogP contribution >= 0.6 is 23.1 Å². The molecule has 0 bridgehead atoms. The fourth-order valence-corrected chi connectivity index (χ4v) is 4.30. The van der Waals surface area contributed by atoms with Crippen LogP contribution in [0.1, 0.15) is 26.7 Å². The first-order chi connectivity index (χ1) is 12.5. The van der Waals surface area contributed by atoms with E-state index in [2.05, 4.69) is 22.4 Å². The molecule has 0 spiro atoms. The lowest BCUT2D eigenvalue weighted by molar-refractivity contribution is -0.136. The third-order valence-corrected chi connectivity index (χ3v) is 5.97. The SMILES string of the molecule is CSc1ccc(-c2csc(NC(=O)C(C(C)C)N3CCCC3=O)n2)cc1. The number of thioether (sulfide) groups is 1. The van der Waals surface area contributed by atoms with Gasteiger partial charge in [-0.15, -0.1) is 23.1 Å². The van der Waals surface area contributed by atoms with Crippen molar-refractivity contribution < 1.29 is 9.59 Å². The number of hydrogen-bond donors (Lipinski definition) is 1. The van der Waals surface area contributed by atoms with Gasteiger partial charge in [-0.2, -0.15) is 0 Å². The molecule has 0 saturated carbocycles. The zero-order valence-corrected chi connectivity index (χ0v) is 16.8. The molecule has 0 radical (unpaired) electrons. The van der Waals surface area contributed by atoms with Crippen LogP contribution in [0.15, 0.2) is 34.5 Å². The van der Waals surface area contributed by atoms with Crippen molar-refractivity contribution in [2.75, 3.05) is 18.1 Å². The number of thiazole rings is 1. The number of carbonyl (C=O) groups is 2. The highest BCUT2D eigenvalue weighted by Crippen LogP contribution is 2.27. The normalized spacial score (nSPS) is 15.5. The highest BCUT2D eigenvalue weighted by atomic mass is 32.2. The van der Waals surface area contributed by atoms with Crippen molar-refractivity contribution in [3.63, 3.8) is 0 Å². The average Bonchev–Trinajstić information content (AvgIpc) is 3.25. The molecule has 0 aliphatic carbocycles. The van der Waals surface area contributed by atoms with Crippen LogP contribution in [0.2, 0.25) is 0 Å². The second-order valence-corrected chi connectivity index (χ2v) is 8.37. The van der Waals surface area contributed by atoms with Crippen molar-refractivity contribution in [2.24, 2.45) is 5.92 Å². The quantitative estimate of drug-likeness (QED) is 0.755. The number of likely N-dealkylation sites (tertiary alicyclic amines) is 1. The molecule has 1 aromatic heterocycles. The second-order valence-electron chi connectivity index (χ2n) is 6.64. The second kappa shape index (κ2) is 8.22. The van der Waals surface area contributed by atoms with Gasteiger partial charge < -0.3 is 10.2 Å². The topological polar surface area (TPSA) is 62.3 Å². The summed E-state index contributed by atoms with van der Waals surface area (Å²) in [4.78, 5) is 32.3. The number of nitrogens with one attached hydrogen (secondary N) is 1. The van der Waals surface area contributed by atoms with Crippen molar-refractivity contribution >= 4 is 40.0 Å². The smallest absolute Gasteiger partial charge is 0.249 e. The molecular weight excluding hydrogens is 366 g/mol. The lowest BCUT2D eigenvalue weighted by Gasteiger charge is -2.29. The van der Waals surface area contributed by atoms with E-state index in [9.17, 15) is 9.59 Å². The zero-order valence-electron chi connectivity index (χ0n) is 15.2. The monoisotopic (exact) mass is 389 g/mol. The Kier molecular flexibility index (Phi) is 5.98. The van der Waals surface area contributed by atoms with Crippen LogP contribution in [0.4, 0.5) is 5.13 Å². The first-order valence-corrected chi connectivity index (χ1v) is 10.8. The fourth-order valence-electron chi connectivity index (χ4n) is 3.17. The summed E-state index contributed by atoms with van der Waals surface area (Å²) in [5.74, 6) is -0.0444. The van der Waals surface area contributed by atoms with Gasteiger partial charge in [0, 0.05) is 28.8 Å². The van der Waals surface area contributed by atoms with Crippen LogP contribution in [0.25, 0.3) is 11.3 Å². The Morgan fingerprint density at radius 2 is 2.04 bits per heavy atom. The molecule has 7 heteroatoms. The van der Waals surface area contributed by atoms with Crippen LogP contribution in [-0.2, 0) is 9.59 Å². The highest BCUT2D eigenvalue weighted by molar-refractivity contribution is 7.98. The predicted octanol–water partition coefficient (Wildman–Crippen LogP) is 4.12. The zero-order chi connectivity index (χ0) is 18.7. The Morgan fingerprint density at radius 1 is 1.31 bits per heavy atom. The van der Waals surface area contributed by atoms with E-state index in [1.54, 1.807) is 16.7 Å². The molecule has 3 rings (SSSR count). The standard InChI is InChI=1S/C19H23N3O2S2/c1-12(2)17(22-10-4-5-16(22)23)18(24)21-19-20-15(11-26-19)13-6-8-14(25-3)9-7-13/h6-9,11-12,17H,4-5,10H2,1-3H3,(H,20,21,24). The third kappa shape index (κ3) is 4.10. The molecule has 1 aromatic carbocycles. The van der Waals surface area contributed by atoms with E-state index in [1.807, 2.05) is 37.6 Å². The van der Waals surface area contributed by atoms with Crippen LogP contribution in [-0.4, -0.2) is 40.5 Å². The average molecular weight is 390 g/mol. The summed E-state index contributed by atoms with van der Waals surface area (Å²) in [5, 5.41) is 5.41. The largest absolute Gasteiger partial charge is 0.330 e. The van der Waals surface area contributed by atoms with E-state index in [-0.39, 0.29) is 17.7 Å². The minimum Gasteiger partial charge on any atom is -0.330 e. The molecule has 2 amide bonds. The Hall–Kier alpha value is -1.86. The number of aromatic nitrogens is 1. The number of anilines is 1. The molecule has 1 aliphatic rings. The van der Waals surface area contributed by atoms with Gasteiger partial charge in [-0.05, 0) is 30.7 Å². The van der Waals surface area contributed by atoms with Crippen molar-refractivity contribution in [3.05, 3.63) is 29.6 Å². The van der Waals surface area contributed by atoms with Crippen molar-refractivity contribution in [2.45, 2.75) is 37.6 Å². The van der Waals surface area contributed by atoms with E-state index in [0.717, 1.165) is 17.7 Å². The molecule has 138 valence electrons. The summed E-state index contributed by atoms with van der Waals surface area (Å²) in [6.07, 6.45) is 3.40. The summed E-state index contributed by atoms with van der Waals surface area (Å²) >= 11 is 3.10. The molecule has 26 heavy (non-hydrogen) atoms. The minimum absolute atomic E-state index is 0.0515.